The van der Waals surface area contributed by atoms with E-state index in [1.54, 1.807) is 11.3 Å². The highest BCUT2D eigenvalue weighted by atomic mass is 79.9. The first kappa shape index (κ1) is 14.1. The number of carbonyl (C=O) groups is 1. The van der Waals surface area contributed by atoms with E-state index < -0.39 is 0 Å². The predicted octanol–water partition coefficient (Wildman–Crippen LogP) is 3.71. The number of anilines is 1. The molecule has 0 aliphatic heterocycles. The van der Waals surface area contributed by atoms with E-state index in [0.29, 0.717) is 0 Å². The van der Waals surface area contributed by atoms with Gasteiger partial charge in [-0.2, -0.15) is 0 Å². The van der Waals surface area contributed by atoms with E-state index in [9.17, 15) is 4.79 Å². The Morgan fingerprint density at radius 2 is 2.00 bits per heavy atom. The second-order valence-corrected chi connectivity index (χ2v) is 6.84. The number of nitrogens with two attached hydrogens (primary N) is 1. The average molecular weight is 339 g/mol. The van der Waals surface area contributed by atoms with Gasteiger partial charge in [-0.05, 0) is 52.7 Å². The molecule has 0 spiro atoms. The number of halogens is 1. The van der Waals surface area contributed by atoms with Crippen LogP contribution >= 0.6 is 27.3 Å². The highest BCUT2D eigenvalue weighted by molar-refractivity contribution is 9.11. The number of amides is 1. The van der Waals surface area contributed by atoms with E-state index in [4.69, 9.17) is 5.73 Å². The topological polar surface area (TPSA) is 55.1 Å². The molecule has 1 amide bonds. The molecule has 0 bridgehead atoms. The van der Waals surface area contributed by atoms with Gasteiger partial charge in [0.15, 0.2) is 0 Å². The summed E-state index contributed by atoms with van der Waals surface area (Å²) in [6, 6.07) is 12.2. The molecule has 0 saturated carbocycles. The summed E-state index contributed by atoms with van der Waals surface area (Å²) in [7, 11) is 0. The van der Waals surface area contributed by atoms with Crippen LogP contribution in [0, 0.1) is 0 Å². The number of carbonyl (C=O) groups excluding carboxylic acids is 1. The summed E-state index contributed by atoms with van der Waals surface area (Å²) in [4.78, 5) is 12.1. The lowest BCUT2D eigenvalue weighted by Crippen LogP contribution is -2.13. The average Bonchev–Trinajstić information content (AvgIpc) is 2.78. The Hall–Kier alpha value is -1.33. The molecule has 1 unspecified atom stereocenters. The fourth-order valence-corrected chi connectivity index (χ4v) is 3.23. The summed E-state index contributed by atoms with van der Waals surface area (Å²) in [6.07, 6.45) is 0.285. The molecule has 1 aromatic heterocycles. The molecule has 100 valence electrons. The van der Waals surface area contributed by atoms with Crippen LogP contribution in [0.25, 0.3) is 0 Å². The fraction of sp³-hybridized carbons (Fsp3) is 0.214. The third kappa shape index (κ3) is 4.08. The van der Waals surface area contributed by atoms with E-state index in [1.165, 1.54) is 4.88 Å². The van der Waals surface area contributed by atoms with Crippen LogP contribution in [-0.4, -0.2) is 5.91 Å². The maximum Gasteiger partial charge on any atom is 0.221 e. The molecule has 3 N–H and O–H groups in total. The minimum Gasteiger partial charge on any atom is -0.378 e. The van der Waals surface area contributed by atoms with Crippen LogP contribution in [0.15, 0.2) is 40.2 Å². The van der Waals surface area contributed by atoms with E-state index in [0.717, 1.165) is 15.0 Å². The Morgan fingerprint density at radius 3 is 2.53 bits per heavy atom. The van der Waals surface area contributed by atoms with Crippen LogP contribution in [0.4, 0.5) is 5.69 Å². The molecule has 3 nitrogen and oxygen atoms in total. The molecule has 2 aromatic rings. The van der Waals surface area contributed by atoms with Crippen LogP contribution in [0.5, 0.6) is 0 Å². The van der Waals surface area contributed by atoms with E-state index >= 15 is 0 Å². The summed E-state index contributed by atoms with van der Waals surface area (Å²) < 4.78 is 1.13. The van der Waals surface area contributed by atoms with Crippen molar-refractivity contribution in [3.63, 3.8) is 0 Å². The van der Waals surface area contributed by atoms with Crippen LogP contribution < -0.4 is 11.1 Å². The largest absolute Gasteiger partial charge is 0.378 e. The summed E-state index contributed by atoms with van der Waals surface area (Å²) in [6.45, 7) is 2.12. The zero-order valence-corrected chi connectivity index (χ0v) is 12.9. The zero-order valence-electron chi connectivity index (χ0n) is 10.5. The molecule has 0 fully saturated rings. The molecule has 0 radical (unpaired) electrons. The lowest BCUT2D eigenvalue weighted by atomic mass is 10.1. The third-order valence-electron chi connectivity index (χ3n) is 2.74. The van der Waals surface area contributed by atoms with E-state index in [-0.39, 0.29) is 18.4 Å². The molecule has 0 aliphatic rings. The zero-order chi connectivity index (χ0) is 13.8. The predicted molar refractivity (Wildman–Crippen MR) is 83.4 cm³/mol. The van der Waals surface area contributed by atoms with Gasteiger partial charge in [0.05, 0.1) is 16.2 Å². The Labute approximate surface area is 125 Å². The van der Waals surface area contributed by atoms with Gasteiger partial charge >= 0.3 is 0 Å². The second kappa shape index (κ2) is 6.21. The van der Waals surface area contributed by atoms with Crippen LogP contribution in [0.2, 0.25) is 0 Å². The number of thiophene rings is 1. The number of benzene rings is 1. The lowest BCUT2D eigenvalue weighted by molar-refractivity contribution is -0.117. The van der Waals surface area contributed by atoms with Crippen LogP contribution in [0.3, 0.4) is 0 Å². The van der Waals surface area contributed by atoms with Crippen molar-refractivity contribution < 1.29 is 4.79 Å². The van der Waals surface area contributed by atoms with E-state index in [2.05, 4.69) is 34.2 Å². The summed E-state index contributed by atoms with van der Waals surface area (Å²) in [5.41, 5.74) is 7.13. The minimum absolute atomic E-state index is 0.248. The number of hydrogen-bond donors (Lipinski definition) is 2. The molecule has 2 rings (SSSR count). The maximum absolute atomic E-state index is 10.8. The molecule has 19 heavy (non-hydrogen) atoms. The second-order valence-electron chi connectivity index (χ2n) is 4.35. The third-order valence-corrected chi connectivity index (χ3v) is 4.54. The number of nitrogens with one attached hydrogen (secondary N) is 1. The molecule has 1 heterocycles. The van der Waals surface area contributed by atoms with Gasteiger partial charge in [-0.3, -0.25) is 4.79 Å². The van der Waals surface area contributed by atoms with Gasteiger partial charge in [0, 0.05) is 10.6 Å². The first-order valence-corrected chi connectivity index (χ1v) is 7.54. The van der Waals surface area contributed by atoms with Gasteiger partial charge in [0.2, 0.25) is 5.91 Å². The normalized spacial score (nSPS) is 12.1. The highest BCUT2D eigenvalue weighted by Crippen LogP contribution is 2.29. The van der Waals surface area contributed by atoms with Gasteiger partial charge < -0.3 is 11.1 Å². The first-order valence-electron chi connectivity index (χ1n) is 5.93. The standard InChI is InChI=1S/C14H15BrN2OS/c1-9(12-6-7-13(15)19-12)17-11-4-2-10(3-5-11)8-14(16)18/h2-7,9,17H,8H2,1H3,(H2,16,18). The Kier molecular flexibility index (Phi) is 4.61. The van der Waals surface area contributed by atoms with Crippen molar-refractivity contribution in [2.45, 2.75) is 19.4 Å². The summed E-state index contributed by atoms with van der Waals surface area (Å²) >= 11 is 5.18. The summed E-state index contributed by atoms with van der Waals surface area (Å²) in [5.74, 6) is -0.308. The number of rotatable bonds is 5. The van der Waals surface area contributed by atoms with Gasteiger partial charge in [0.25, 0.3) is 0 Å². The maximum atomic E-state index is 10.8. The molecule has 0 aliphatic carbocycles. The highest BCUT2D eigenvalue weighted by Gasteiger charge is 2.08. The van der Waals surface area contributed by atoms with Crippen molar-refractivity contribution in [3.05, 3.63) is 50.6 Å². The minimum atomic E-state index is -0.308. The SMILES string of the molecule is CC(Nc1ccc(CC(N)=O)cc1)c1ccc(Br)s1. The smallest absolute Gasteiger partial charge is 0.221 e. The molecular weight excluding hydrogens is 324 g/mol. The quantitative estimate of drug-likeness (QED) is 0.872. The van der Waals surface area contributed by atoms with Gasteiger partial charge in [-0.1, -0.05) is 12.1 Å². The first-order chi connectivity index (χ1) is 9.04. The fourth-order valence-electron chi connectivity index (χ4n) is 1.80. The molecule has 1 aromatic carbocycles. The molecular formula is C14H15BrN2OS. The van der Waals surface area contributed by atoms with Crippen molar-refractivity contribution >= 4 is 38.9 Å². The molecule has 0 saturated heterocycles. The van der Waals surface area contributed by atoms with Crippen LogP contribution in [-0.2, 0) is 11.2 Å². The van der Waals surface area contributed by atoms with Crippen molar-refractivity contribution in [2.24, 2.45) is 5.73 Å². The Morgan fingerprint density at radius 1 is 1.32 bits per heavy atom. The van der Waals surface area contributed by atoms with Crippen LogP contribution in [0.1, 0.15) is 23.4 Å². The Bertz CT molecular complexity index is 565. The van der Waals surface area contributed by atoms with Crippen molar-refractivity contribution in [3.8, 4) is 0 Å². The van der Waals surface area contributed by atoms with Gasteiger partial charge in [0.1, 0.15) is 0 Å². The van der Waals surface area contributed by atoms with Crippen molar-refractivity contribution in [1.29, 1.82) is 0 Å². The van der Waals surface area contributed by atoms with Crippen molar-refractivity contribution in [2.75, 3.05) is 5.32 Å². The van der Waals surface area contributed by atoms with E-state index in [1.807, 2.05) is 30.3 Å². The molecule has 5 heteroatoms. The molecule has 1 atom stereocenters. The lowest BCUT2D eigenvalue weighted by Gasteiger charge is -2.14. The van der Waals surface area contributed by atoms with Gasteiger partial charge in [-0.15, -0.1) is 11.3 Å². The summed E-state index contributed by atoms with van der Waals surface area (Å²) in [5, 5.41) is 3.43. The van der Waals surface area contributed by atoms with Gasteiger partial charge in [-0.25, -0.2) is 0 Å². The van der Waals surface area contributed by atoms with Crippen molar-refractivity contribution in [1.82, 2.24) is 0 Å². The number of primary amides is 1. The number of hydrogen-bond acceptors (Lipinski definition) is 3. The monoisotopic (exact) mass is 338 g/mol. The Balaban J connectivity index is 2.01.